The predicted molar refractivity (Wildman–Crippen MR) is 106 cm³/mol. The molecule has 4 nitrogen and oxygen atoms in total. The Kier molecular flexibility index (Phi) is 4.29. The second-order valence-electron chi connectivity index (χ2n) is 9.56. The van der Waals surface area contributed by atoms with Gasteiger partial charge in [0, 0.05) is 23.7 Å². The van der Waals surface area contributed by atoms with Gasteiger partial charge in [0.2, 0.25) is 5.91 Å². The van der Waals surface area contributed by atoms with Crippen molar-refractivity contribution in [2.75, 3.05) is 5.32 Å². The summed E-state index contributed by atoms with van der Waals surface area (Å²) < 4.78 is 15.7. The maximum Gasteiger partial charge on any atom is 0.226 e. The zero-order chi connectivity index (χ0) is 19.3. The number of hydrogen-bond donors (Lipinski definition) is 1. The number of nitrogens with zero attached hydrogens (tertiary/aromatic N) is 2. The first-order valence-corrected chi connectivity index (χ1v) is 10.6. The van der Waals surface area contributed by atoms with Crippen molar-refractivity contribution in [2.45, 2.75) is 58.4 Å². The van der Waals surface area contributed by atoms with Gasteiger partial charge in [-0.25, -0.2) is 4.39 Å². The van der Waals surface area contributed by atoms with E-state index < -0.39 is 0 Å². The van der Waals surface area contributed by atoms with Crippen molar-refractivity contribution >= 4 is 11.7 Å². The van der Waals surface area contributed by atoms with Gasteiger partial charge in [-0.05, 0) is 74.7 Å². The van der Waals surface area contributed by atoms with E-state index in [9.17, 15) is 9.18 Å². The monoisotopic (exact) mass is 381 g/mol. The molecule has 2 aromatic rings. The van der Waals surface area contributed by atoms with Crippen molar-refractivity contribution in [3.63, 3.8) is 0 Å². The fourth-order valence-electron chi connectivity index (χ4n) is 6.55. The fourth-order valence-corrected chi connectivity index (χ4v) is 6.55. The number of halogens is 1. The number of aryl methyl sites for hydroxylation is 1. The quantitative estimate of drug-likeness (QED) is 0.799. The Morgan fingerprint density at radius 2 is 1.82 bits per heavy atom. The third-order valence-corrected chi connectivity index (χ3v) is 7.23. The first-order chi connectivity index (χ1) is 13.5. The van der Waals surface area contributed by atoms with Gasteiger partial charge >= 0.3 is 0 Å². The molecule has 0 spiro atoms. The lowest BCUT2D eigenvalue weighted by molar-refractivity contribution is -0.124. The van der Waals surface area contributed by atoms with Crippen molar-refractivity contribution in [1.29, 1.82) is 0 Å². The minimum absolute atomic E-state index is 0.0810. The number of carbonyl (C=O) groups excluding carboxylic acids is 1. The summed E-state index contributed by atoms with van der Waals surface area (Å²) in [6.45, 7) is 2.30. The lowest BCUT2D eigenvalue weighted by Crippen LogP contribution is -2.47. The van der Waals surface area contributed by atoms with Crippen LogP contribution >= 0.6 is 0 Å². The summed E-state index contributed by atoms with van der Waals surface area (Å²) in [7, 11) is 0. The van der Waals surface area contributed by atoms with Crippen LogP contribution < -0.4 is 5.32 Å². The molecule has 6 rings (SSSR count). The predicted octanol–water partition coefficient (Wildman–Crippen LogP) is 4.92. The highest BCUT2D eigenvalue weighted by Gasteiger charge is 2.51. The molecule has 0 radical (unpaired) electrons. The largest absolute Gasteiger partial charge is 0.309 e. The van der Waals surface area contributed by atoms with Crippen LogP contribution in [0.3, 0.4) is 0 Å². The Balaban J connectivity index is 1.25. The maximum atomic E-state index is 13.9. The second kappa shape index (κ2) is 6.71. The smallest absolute Gasteiger partial charge is 0.226 e. The molecule has 1 heterocycles. The Bertz CT molecular complexity index is 868. The zero-order valence-corrected chi connectivity index (χ0v) is 16.5. The average Bonchev–Trinajstić information content (AvgIpc) is 2.94. The summed E-state index contributed by atoms with van der Waals surface area (Å²) in [6, 6.07) is 8.61. The molecule has 4 bridgehead atoms. The summed E-state index contributed by atoms with van der Waals surface area (Å²) in [4.78, 5) is 12.8. The van der Waals surface area contributed by atoms with E-state index in [4.69, 9.17) is 0 Å². The Morgan fingerprint density at radius 1 is 1.18 bits per heavy atom. The molecule has 0 aliphatic heterocycles. The van der Waals surface area contributed by atoms with Gasteiger partial charge in [-0.3, -0.25) is 9.48 Å². The van der Waals surface area contributed by atoms with Gasteiger partial charge in [0.1, 0.15) is 5.82 Å². The number of rotatable bonds is 5. The molecule has 148 valence electrons. The minimum atomic E-state index is -0.232. The molecule has 1 N–H and O–H groups in total. The third kappa shape index (κ3) is 3.36. The van der Waals surface area contributed by atoms with Crippen LogP contribution in [0.1, 0.15) is 56.2 Å². The van der Waals surface area contributed by atoms with E-state index in [-0.39, 0.29) is 17.1 Å². The van der Waals surface area contributed by atoms with Gasteiger partial charge in [0.25, 0.3) is 0 Å². The fraction of sp³-hybridized carbons (Fsp3) is 0.565. The van der Waals surface area contributed by atoms with Gasteiger partial charge in [-0.1, -0.05) is 18.2 Å². The van der Waals surface area contributed by atoms with Crippen LogP contribution in [0.2, 0.25) is 0 Å². The SMILES string of the molecule is Cc1cc(NC(=O)CC23CC4CC(CC(C4)C2)C3)nn1Cc1ccccc1F. The highest BCUT2D eigenvalue weighted by molar-refractivity contribution is 5.90. The average molecular weight is 381 g/mol. The number of aromatic nitrogens is 2. The van der Waals surface area contributed by atoms with E-state index in [2.05, 4.69) is 10.4 Å². The Morgan fingerprint density at radius 3 is 2.46 bits per heavy atom. The van der Waals surface area contributed by atoms with Crippen LogP contribution in [0, 0.1) is 35.9 Å². The molecule has 4 aliphatic carbocycles. The molecule has 28 heavy (non-hydrogen) atoms. The summed E-state index contributed by atoms with van der Waals surface area (Å²) in [5.41, 5.74) is 1.73. The molecule has 0 unspecified atom stereocenters. The van der Waals surface area contributed by atoms with E-state index in [1.54, 1.807) is 16.8 Å². The number of hydrogen-bond acceptors (Lipinski definition) is 2. The summed E-state index contributed by atoms with van der Waals surface area (Å²) in [6.07, 6.45) is 8.48. The molecule has 4 aliphatic rings. The number of benzene rings is 1. The standard InChI is InChI=1S/C23H28FN3O/c1-15-6-21(26-27(15)14-19-4-2-3-5-20(19)24)25-22(28)13-23-10-16-7-17(11-23)9-18(8-16)12-23/h2-6,16-18H,7-14H2,1H3,(H,25,26,28). The number of nitrogens with one attached hydrogen (secondary N) is 1. The first kappa shape index (κ1) is 17.9. The van der Waals surface area contributed by atoms with E-state index >= 15 is 0 Å². The second-order valence-corrected chi connectivity index (χ2v) is 9.56. The molecule has 4 fully saturated rings. The van der Waals surface area contributed by atoms with Gasteiger partial charge in [0.05, 0.1) is 6.54 Å². The van der Waals surface area contributed by atoms with Crippen molar-refractivity contribution < 1.29 is 9.18 Å². The number of anilines is 1. The molecule has 0 atom stereocenters. The molecule has 1 amide bonds. The van der Waals surface area contributed by atoms with Crippen molar-refractivity contribution in [3.8, 4) is 0 Å². The number of amides is 1. The lowest BCUT2D eigenvalue weighted by Gasteiger charge is -2.56. The lowest BCUT2D eigenvalue weighted by atomic mass is 9.49. The van der Waals surface area contributed by atoms with Gasteiger partial charge < -0.3 is 5.32 Å². The van der Waals surface area contributed by atoms with E-state index in [1.807, 2.05) is 19.1 Å². The van der Waals surface area contributed by atoms with E-state index in [1.165, 1.54) is 44.6 Å². The minimum Gasteiger partial charge on any atom is -0.309 e. The van der Waals surface area contributed by atoms with Gasteiger partial charge in [0.15, 0.2) is 5.82 Å². The molecular formula is C23H28FN3O. The van der Waals surface area contributed by atoms with Crippen molar-refractivity contribution in [3.05, 3.63) is 47.4 Å². The topological polar surface area (TPSA) is 46.9 Å². The maximum absolute atomic E-state index is 13.9. The molecule has 1 aromatic heterocycles. The molecule has 1 aromatic carbocycles. The van der Waals surface area contributed by atoms with E-state index in [0.29, 0.717) is 24.3 Å². The molecule has 5 heteroatoms. The zero-order valence-electron chi connectivity index (χ0n) is 16.5. The highest BCUT2D eigenvalue weighted by Crippen LogP contribution is 2.61. The summed E-state index contributed by atoms with van der Waals surface area (Å²) >= 11 is 0. The van der Waals surface area contributed by atoms with Crippen LogP contribution in [0.15, 0.2) is 30.3 Å². The van der Waals surface area contributed by atoms with E-state index in [0.717, 1.165) is 23.4 Å². The third-order valence-electron chi connectivity index (χ3n) is 7.23. The van der Waals surface area contributed by atoms with Crippen LogP contribution in [0.25, 0.3) is 0 Å². The molecule has 0 saturated heterocycles. The van der Waals surface area contributed by atoms with Gasteiger partial charge in [-0.2, -0.15) is 5.10 Å². The van der Waals surface area contributed by atoms with Crippen LogP contribution in [-0.4, -0.2) is 15.7 Å². The van der Waals surface area contributed by atoms with Gasteiger partial charge in [-0.15, -0.1) is 0 Å². The van der Waals surface area contributed by atoms with Crippen molar-refractivity contribution in [2.24, 2.45) is 23.2 Å². The first-order valence-electron chi connectivity index (χ1n) is 10.6. The van der Waals surface area contributed by atoms with Crippen LogP contribution in [-0.2, 0) is 11.3 Å². The molecular weight excluding hydrogens is 353 g/mol. The van der Waals surface area contributed by atoms with Crippen molar-refractivity contribution in [1.82, 2.24) is 9.78 Å². The van der Waals surface area contributed by atoms with Crippen LogP contribution in [0.4, 0.5) is 10.2 Å². The summed E-state index contributed by atoms with van der Waals surface area (Å²) in [5, 5.41) is 7.51. The highest BCUT2D eigenvalue weighted by atomic mass is 19.1. The molecule has 4 saturated carbocycles. The normalized spacial score (nSPS) is 30.6. The van der Waals surface area contributed by atoms with Crippen LogP contribution in [0.5, 0.6) is 0 Å². The number of carbonyl (C=O) groups is 1. The Labute approximate surface area is 165 Å². The summed E-state index contributed by atoms with van der Waals surface area (Å²) in [5.74, 6) is 2.97. The Hall–Kier alpha value is -2.17.